The third-order valence-electron chi connectivity index (χ3n) is 5.82. The first-order chi connectivity index (χ1) is 14.8. The van der Waals surface area contributed by atoms with E-state index in [1.165, 1.54) is 12.1 Å². The predicted molar refractivity (Wildman–Crippen MR) is 115 cm³/mol. The molecule has 31 heavy (non-hydrogen) atoms. The minimum Gasteiger partial charge on any atom is -0.486 e. The van der Waals surface area contributed by atoms with Crippen LogP contribution >= 0.6 is 23.2 Å². The summed E-state index contributed by atoms with van der Waals surface area (Å²) >= 11 is 11.8. The highest BCUT2D eigenvalue weighted by Gasteiger charge is 2.68. The van der Waals surface area contributed by atoms with E-state index < -0.39 is 0 Å². The van der Waals surface area contributed by atoms with E-state index in [1.807, 2.05) is 0 Å². The Morgan fingerprint density at radius 1 is 1.00 bits per heavy atom. The second-order valence-corrected chi connectivity index (χ2v) is 9.37. The zero-order chi connectivity index (χ0) is 22.1. The van der Waals surface area contributed by atoms with Crippen molar-refractivity contribution in [3.63, 3.8) is 0 Å². The molecule has 2 aromatic rings. The molecule has 3 aliphatic carbocycles. The number of carbonyl (C=O) groups excluding carboxylic acids is 2. The van der Waals surface area contributed by atoms with E-state index >= 15 is 0 Å². The molecule has 0 spiro atoms. The quantitative estimate of drug-likeness (QED) is 0.550. The number of halogens is 3. The fraction of sp³-hybridized carbons (Fsp3) is 0.391. The van der Waals surface area contributed by atoms with Gasteiger partial charge in [0.15, 0.2) is 5.78 Å². The molecular formula is C23H22Cl2FNO4. The molecule has 2 aromatic carbocycles. The smallest absolute Gasteiger partial charge is 0.246 e. The van der Waals surface area contributed by atoms with Gasteiger partial charge >= 0.3 is 0 Å². The maximum atomic E-state index is 12.9. The Hall–Kier alpha value is -2.15. The highest BCUT2D eigenvalue weighted by molar-refractivity contribution is 6.42. The largest absolute Gasteiger partial charge is 0.486 e. The second kappa shape index (κ2) is 8.77. The van der Waals surface area contributed by atoms with Gasteiger partial charge in [-0.25, -0.2) is 4.39 Å². The minimum atomic E-state index is -0.307. The van der Waals surface area contributed by atoms with E-state index in [1.54, 1.807) is 30.3 Å². The number of hydrogen-bond donors (Lipinski definition) is 1. The van der Waals surface area contributed by atoms with Gasteiger partial charge in [-0.3, -0.25) is 9.59 Å². The highest BCUT2D eigenvalue weighted by atomic mass is 35.5. The number of hydrogen-bond acceptors (Lipinski definition) is 4. The van der Waals surface area contributed by atoms with Gasteiger partial charge in [0.25, 0.3) is 0 Å². The average molecular weight is 466 g/mol. The fourth-order valence-corrected chi connectivity index (χ4v) is 4.98. The van der Waals surface area contributed by atoms with Crippen LogP contribution in [0.5, 0.6) is 5.75 Å². The number of Topliss-reactive ketones (excluding diaryl/α,β-unsaturated/α-hetero) is 1. The molecule has 1 amide bonds. The van der Waals surface area contributed by atoms with Gasteiger partial charge in [0.05, 0.1) is 16.7 Å². The predicted octanol–water partition coefficient (Wildman–Crippen LogP) is 4.73. The number of ketones is 1. The maximum absolute atomic E-state index is 12.9. The Morgan fingerprint density at radius 2 is 1.71 bits per heavy atom. The minimum absolute atomic E-state index is 0.0176. The molecule has 0 heterocycles. The van der Waals surface area contributed by atoms with Gasteiger partial charge in [0, 0.05) is 18.0 Å². The Kier molecular flexibility index (Phi) is 6.24. The zero-order valence-corrected chi connectivity index (χ0v) is 18.3. The first-order valence-electron chi connectivity index (χ1n) is 9.99. The molecule has 0 atom stereocenters. The second-order valence-electron chi connectivity index (χ2n) is 8.56. The van der Waals surface area contributed by atoms with Crippen LogP contribution in [0.4, 0.5) is 4.39 Å². The Bertz CT molecular complexity index is 976. The summed E-state index contributed by atoms with van der Waals surface area (Å²) in [5.41, 5.74) is 0.571. The molecule has 164 valence electrons. The first-order valence-corrected chi connectivity index (χ1v) is 10.7. The van der Waals surface area contributed by atoms with E-state index in [0.717, 1.165) is 24.8 Å². The summed E-state index contributed by atoms with van der Waals surface area (Å²) in [7, 11) is 0. The van der Waals surface area contributed by atoms with E-state index in [0.29, 0.717) is 22.2 Å². The van der Waals surface area contributed by atoms with Crippen LogP contribution in [-0.4, -0.2) is 30.4 Å². The molecule has 0 radical (unpaired) electrons. The number of amides is 1. The number of carbonyl (C=O) groups is 2. The van der Waals surface area contributed by atoms with Crippen molar-refractivity contribution in [1.29, 1.82) is 0 Å². The molecule has 0 aliphatic heterocycles. The first kappa shape index (κ1) is 22.1. The van der Waals surface area contributed by atoms with Crippen molar-refractivity contribution in [2.24, 2.45) is 5.41 Å². The van der Waals surface area contributed by atoms with Crippen LogP contribution in [0.2, 0.25) is 10.0 Å². The van der Waals surface area contributed by atoms with Crippen LogP contribution in [-0.2, 0) is 20.9 Å². The van der Waals surface area contributed by atoms with Crippen LogP contribution in [0.1, 0.15) is 31.2 Å². The maximum Gasteiger partial charge on any atom is 0.246 e. The van der Waals surface area contributed by atoms with Crippen LogP contribution in [0.25, 0.3) is 0 Å². The molecule has 8 heteroatoms. The third kappa shape index (κ3) is 5.20. The molecule has 0 saturated heterocycles. The lowest BCUT2D eigenvalue weighted by atomic mass is 9.38. The van der Waals surface area contributed by atoms with Gasteiger partial charge in [0.2, 0.25) is 5.91 Å². The molecule has 0 unspecified atom stereocenters. The summed E-state index contributed by atoms with van der Waals surface area (Å²) < 4.78 is 23.8. The number of ether oxygens (including phenoxy) is 2. The topological polar surface area (TPSA) is 64.6 Å². The summed E-state index contributed by atoms with van der Waals surface area (Å²) in [5.74, 6) is 0.0428. The molecule has 3 saturated carbocycles. The van der Waals surface area contributed by atoms with Crippen molar-refractivity contribution >= 4 is 34.9 Å². The molecule has 2 bridgehead atoms. The summed E-state index contributed by atoms with van der Waals surface area (Å²) in [6.07, 6.45) is 2.82. The molecule has 5 nitrogen and oxygen atoms in total. The SMILES string of the molecule is O=C(COc1ccc(Cl)c(Cl)c1)CC12CC(NC(=O)COCc3ccc(F)cc3)(C1)C2. The molecule has 3 fully saturated rings. The van der Waals surface area contributed by atoms with Crippen molar-refractivity contribution in [3.8, 4) is 5.75 Å². The summed E-state index contributed by atoms with van der Waals surface area (Å²) in [6, 6.07) is 10.8. The van der Waals surface area contributed by atoms with E-state index in [4.69, 9.17) is 32.7 Å². The van der Waals surface area contributed by atoms with Gasteiger partial charge in [-0.1, -0.05) is 35.3 Å². The standard InChI is InChI=1S/C23H22Cl2FNO4/c24-19-6-5-18(7-20(19)25)31-10-17(28)8-22-12-23(13-22,14-22)27-21(29)11-30-9-15-1-3-16(26)4-2-15/h1-7H,8-14H2,(H,27,29). The normalized spacial score (nSPS) is 23.5. The third-order valence-corrected chi connectivity index (χ3v) is 6.56. The lowest BCUT2D eigenvalue weighted by molar-refractivity contribution is -0.174. The Balaban J connectivity index is 1.14. The summed E-state index contributed by atoms with van der Waals surface area (Å²) in [5, 5.41) is 3.84. The Labute approximate surface area is 189 Å². The van der Waals surface area contributed by atoms with Crippen LogP contribution in [0.3, 0.4) is 0 Å². The van der Waals surface area contributed by atoms with Crippen LogP contribution < -0.4 is 10.1 Å². The van der Waals surface area contributed by atoms with E-state index in [9.17, 15) is 14.0 Å². The molecular weight excluding hydrogens is 444 g/mol. The fourth-order valence-electron chi connectivity index (χ4n) is 4.69. The van der Waals surface area contributed by atoms with Gasteiger partial charge in [-0.05, 0) is 54.5 Å². The molecule has 1 N–H and O–H groups in total. The van der Waals surface area contributed by atoms with E-state index in [2.05, 4.69) is 5.32 Å². The van der Waals surface area contributed by atoms with Crippen molar-refractivity contribution in [2.75, 3.05) is 13.2 Å². The zero-order valence-electron chi connectivity index (χ0n) is 16.8. The van der Waals surface area contributed by atoms with Gasteiger partial charge in [-0.15, -0.1) is 0 Å². The number of benzene rings is 2. The van der Waals surface area contributed by atoms with Crippen LogP contribution in [0.15, 0.2) is 42.5 Å². The van der Waals surface area contributed by atoms with Gasteiger partial charge < -0.3 is 14.8 Å². The van der Waals surface area contributed by atoms with Crippen molar-refractivity contribution in [3.05, 3.63) is 63.9 Å². The lowest BCUT2D eigenvalue weighted by Crippen LogP contribution is -2.75. The van der Waals surface area contributed by atoms with Crippen molar-refractivity contribution in [1.82, 2.24) is 5.32 Å². The Morgan fingerprint density at radius 3 is 2.39 bits per heavy atom. The van der Waals surface area contributed by atoms with Crippen molar-refractivity contribution < 1.29 is 23.5 Å². The summed E-state index contributed by atoms with van der Waals surface area (Å²) in [6.45, 7) is 0.177. The highest BCUT2D eigenvalue weighted by Crippen LogP contribution is 2.68. The monoisotopic (exact) mass is 465 g/mol. The van der Waals surface area contributed by atoms with Gasteiger partial charge in [-0.2, -0.15) is 0 Å². The number of nitrogens with one attached hydrogen (secondary N) is 1. The molecule has 3 aliphatic rings. The molecule has 5 rings (SSSR count). The van der Waals surface area contributed by atoms with Gasteiger partial charge in [0.1, 0.15) is 24.8 Å². The lowest BCUT2D eigenvalue weighted by Gasteiger charge is -2.70. The summed E-state index contributed by atoms with van der Waals surface area (Å²) in [4.78, 5) is 24.5. The molecule has 0 aromatic heterocycles. The number of rotatable bonds is 10. The van der Waals surface area contributed by atoms with Crippen LogP contribution in [0, 0.1) is 11.2 Å². The average Bonchev–Trinajstić information content (AvgIpc) is 2.68. The van der Waals surface area contributed by atoms with E-state index in [-0.39, 0.29) is 48.3 Å². The van der Waals surface area contributed by atoms with Crippen molar-refractivity contribution in [2.45, 2.75) is 37.8 Å².